The summed E-state index contributed by atoms with van der Waals surface area (Å²) in [6.45, 7) is 3.35. The van der Waals surface area contributed by atoms with Crippen molar-refractivity contribution in [3.8, 4) is 0 Å². The number of carbonyl (C=O) groups excluding carboxylic acids is 1. The predicted octanol–water partition coefficient (Wildman–Crippen LogP) is -0.224. The Bertz CT molecular complexity index is 453. The van der Waals surface area contributed by atoms with E-state index < -0.39 is 15.6 Å². The van der Waals surface area contributed by atoms with Crippen LogP contribution in [0.3, 0.4) is 0 Å². The molecule has 0 aliphatic heterocycles. The van der Waals surface area contributed by atoms with Gasteiger partial charge in [-0.2, -0.15) is 5.10 Å². The highest BCUT2D eigenvalue weighted by atomic mass is 32.2. The van der Waals surface area contributed by atoms with Crippen LogP contribution < -0.4 is 0 Å². The van der Waals surface area contributed by atoms with E-state index in [1.165, 1.54) is 4.90 Å². The molecule has 0 saturated heterocycles. The summed E-state index contributed by atoms with van der Waals surface area (Å²) < 4.78 is 23.8. The van der Waals surface area contributed by atoms with Crippen molar-refractivity contribution < 1.29 is 13.2 Å². The molecule has 0 unspecified atom stereocenters. The van der Waals surface area contributed by atoms with Gasteiger partial charge < -0.3 is 4.90 Å². The van der Waals surface area contributed by atoms with Crippen molar-refractivity contribution >= 4 is 15.7 Å². The topological polar surface area (TPSA) is 72.3 Å². The molecule has 0 aliphatic rings. The molecule has 1 heterocycles. The number of hydrogen-bond donors (Lipinski definition) is 0. The fourth-order valence-corrected chi connectivity index (χ4v) is 2.06. The van der Waals surface area contributed by atoms with Crippen molar-refractivity contribution in [2.45, 2.75) is 13.5 Å². The molecule has 0 spiro atoms. The zero-order chi connectivity index (χ0) is 12.9. The van der Waals surface area contributed by atoms with Crippen LogP contribution in [0.15, 0.2) is 18.5 Å². The molecular weight excluding hydrogens is 242 g/mol. The smallest absolute Gasteiger partial charge is 0.237 e. The van der Waals surface area contributed by atoms with E-state index in [-0.39, 0.29) is 5.91 Å². The normalized spacial score (nSPS) is 11.4. The summed E-state index contributed by atoms with van der Waals surface area (Å²) >= 11 is 0. The number of nitrogens with zero attached hydrogens (tertiary/aromatic N) is 3. The molecule has 0 radical (unpaired) electrons. The van der Waals surface area contributed by atoms with E-state index in [1.54, 1.807) is 23.1 Å². The van der Waals surface area contributed by atoms with Crippen LogP contribution >= 0.6 is 0 Å². The average Bonchev–Trinajstić information content (AvgIpc) is 2.68. The van der Waals surface area contributed by atoms with Gasteiger partial charge >= 0.3 is 0 Å². The van der Waals surface area contributed by atoms with Crippen molar-refractivity contribution in [2.24, 2.45) is 0 Å². The van der Waals surface area contributed by atoms with Crippen LogP contribution in [0, 0.1) is 0 Å². The van der Waals surface area contributed by atoms with Crippen LogP contribution in [0.25, 0.3) is 0 Å². The molecule has 96 valence electrons. The predicted molar refractivity (Wildman–Crippen MR) is 64.2 cm³/mol. The quantitative estimate of drug-likeness (QED) is 0.708. The number of carbonyl (C=O) groups is 1. The largest absolute Gasteiger partial charge is 0.340 e. The third-order valence-corrected chi connectivity index (χ3v) is 3.05. The number of sulfone groups is 1. The second kappa shape index (κ2) is 5.81. The Morgan fingerprint density at radius 1 is 1.47 bits per heavy atom. The molecule has 0 atom stereocenters. The summed E-state index contributed by atoms with van der Waals surface area (Å²) in [7, 11) is -3.26. The van der Waals surface area contributed by atoms with Gasteiger partial charge in [-0.1, -0.05) is 0 Å². The van der Waals surface area contributed by atoms with Crippen molar-refractivity contribution in [3.05, 3.63) is 18.5 Å². The molecule has 0 fully saturated rings. The fraction of sp³-hybridized carbons (Fsp3) is 0.600. The van der Waals surface area contributed by atoms with Crippen LogP contribution in [-0.2, 0) is 21.2 Å². The van der Waals surface area contributed by atoms with Gasteiger partial charge in [0.2, 0.25) is 5.91 Å². The molecule has 6 nitrogen and oxygen atoms in total. The highest BCUT2D eigenvalue weighted by Gasteiger charge is 2.16. The second-order valence-electron chi connectivity index (χ2n) is 3.81. The van der Waals surface area contributed by atoms with Crippen LogP contribution in [0.4, 0.5) is 0 Å². The number of aromatic nitrogens is 2. The molecular formula is C10H17N3O3S. The molecule has 1 rings (SSSR count). The Morgan fingerprint density at radius 2 is 2.18 bits per heavy atom. The molecule has 17 heavy (non-hydrogen) atoms. The first-order chi connectivity index (χ1) is 7.92. The third kappa shape index (κ3) is 4.99. The molecule has 1 amide bonds. The van der Waals surface area contributed by atoms with Gasteiger partial charge in [0.1, 0.15) is 5.75 Å². The van der Waals surface area contributed by atoms with Crippen molar-refractivity contribution in [1.82, 2.24) is 14.7 Å². The highest BCUT2D eigenvalue weighted by Crippen LogP contribution is 1.96. The molecule has 0 saturated carbocycles. The van der Waals surface area contributed by atoms with E-state index in [1.807, 2.05) is 6.92 Å². The molecule has 1 aromatic heterocycles. The van der Waals surface area contributed by atoms with Crippen LogP contribution in [0.1, 0.15) is 6.92 Å². The maximum atomic E-state index is 11.7. The Kier molecular flexibility index (Phi) is 4.68. The van der Waals surface area contributed by atoms with Crippen molar-refractivity contribution in [2.75, 3.05) is 25.1 Å². The Balaban J connectivity index is 2.51. The van der Waals surface area contributed by atoms with Crippen molar-refractivity contribution in [3.63, 3.8) is 0 Å². The summed E-state index contributed by atoms with van der Waals surface area (Å²) in [4.78, 5) is 13.2. The SMILES string of the molecule is CCN(CCn1cccn1)C(=O)CS(C)(=O)=O. The van der Waals surface area contributed by atoms with Crippen LogP contribution in [0.2, 0.25) is 0 Å². The lowest BCUT2D eigenvalue weighted by atomic mass is 10.4. The van der Waals surface area contributed by atoms with E-state index in [9.17, 15) is 13.2 Å². The van der Waals surface area contributed by atoms with Crippen molar-refractivity contribution in [1.29, 1.82) is 0 Å². The molecule has 0 bridgehead atoms. The number of rotatable bonds is 6. The minimum Gasteiger partial charge on any atom is -0.340 e. The molecule has 0 aromatic carbocycles. The zero-order valence-corrected chi connectivity index (χ0v) is 10.9. The number of amides is 1. The van der Waals surface area contributed by atoms with Gasteiger partial charge in [0.15, 0.2) is 9.84 Å². The molecule has 1 aromatic rings. The Labute approximate surface area is 101 Å². The maximum absolute atomic E-state index is 11.7. The third-order valence-electron chi connectivity index (χ3n) is 2.28. The average molecular weight is 259 g/mol. The highest BCUT2D eigenvalue weighted by molar-refractivity contribution is 7.91. The minimum absolute atomic E-state index is 0.359. The van der Waals surface area contributed by atoms with Crippen LogP contribution in [0.5, 0.6) is 0 Å². The summed E-state index contributed by atoms with van der Waals surface area (Å²) in [5, 5.41) is 4.02. The van der Waals surface area contributed by atoms with Gasteiger partial charge in [-0.3, -0.25) is 9.48 Å². The number of hydrogen-bond acceptors (Lipinski definition) is 4. The molecule has 7 heteroatoms. The summed E-state index contributed by atoms with van der Waals surface area (Å²) in [6, 6.07) is 1.80. The summed E-state index contributed by atoms with van der Waals surface area (Å²) in [5.41, 5.74) is 0. The fourth-order valence-electron chi connectivity index (χ4n) is 1.43. The van der Waals surface area contributed by atoms with Gasteiger partial charge in [-0.15, -0.1) is 0 Å². The monoisotopic (exact) mass is 259 g/mol. The van der Waals surface area contributed by atoms with Gasteiger partial charge in [0.25, 0.3) is 0 Å². The lowest BCUT2D eigenvalue weighted by Gasteiger charge is -2.20. The lowest BCUT2D eigenvalue weighted by molar-refractivity contribution is -0.128. The Morgan fingerprint density at radius 3 is 2.65 bits per heavy atom. The van der Waals surface area contributed by atoms with Gasteiger partial charge in [-0.25, -0.2) is 8.42 Å². The maximum Gasteiger partial charge on any atom is 0.237 e. The van der Waals surface area contributed by atoms with E-state index in [2.05, 4.69) is 5.10 Å². The lowest BCUT2D eigenvalue weighted by Crippen LogP contribution is -2.37. The minimum atomic E-state index is -3.26. The van der Waals surface area contributed by atoms with Gasteiger partial charge in [0.05, 0.1) is 6.54 Å². The van der Waals surface area contributed by atoms with E-state index in [4.69, 9.17) is 0 Å². The van der Waals surface area contributed by atoms with Gasteiger partial charge in [0, 0.05) is 31.7 Å². The standard InChI is InChI=1S/C10H17N3O3S/c1-3-12(10(14)9-17(2,15)16)7-8-13-6-4-5-11-13/h4-6H,3,7-9H2,1-2H3. The summed E-state index contributed by atoms with van der Waals surface area (Å²) in [6.07, 6.45) is 4.52. The van der Waals surface area contributed by atoms with E-state index in [0.29, 0.717) is 19.6 Å². The number of likely N-dealkylation sites (N-methyl/N-ethyl adjacent to an activating group) is 1. The first-order valence-electron chi connectivity index (χ1n) is 5.35. The molecule has 0 N–H and O–H groups in total. The van der Waals surface area contributed by atoms with Crippen LogP contribution in [-0.4, -0.2) is 54.1 Å². The Hall–Kier alpha value is -1.37. The first-order valence-corrected chi connectivity index (χ1v) is 7.41. The van der Waals surface area contributed by atoms with E-state index in [0.717, 1.165) is 6.26 Å². The second-order valence-corrected chi connectivity index (χ2v) is 5.95. The zero-order valence-electron chi connectivity index (χ0n) is 10.0. The first kappa shape index (κ1) is 13.7. The summed E-state index contributed by atoms with van der Waals surface area (Å²) in [5.74, 6) is -0.790. The molecule has 0 aliphatic carbocycles. The van der Waals surface area contributed by atoms with Gasteiger partial charge in [-0.05, 0) is 13.0 Å². The van der Waals surface area contributed by atoms with E-state index >= 15 is 0 Å².